The number of imide groups is 1. The van der Waals surface area contributed by atoms with E-state index >= 15 is 0 Å². The monoisotopic (exact) mass is 416 g/mol. The molecule has 2 aliphatic heterocycles. The van der Waals surface area contributed by atoms with Crippen LogP contribution >= 0.6 is 0 Å². The molecule has 2 heterocycles. The molecule has 30 heavy (non-hydrogen) atoms. The second-order valence-electron chi connectivity index (χ2n) is 9.08. The van der Waals surface area contributed by atoms with Gasteiger partial charge in [0.1, 0.15) is 11.4 Å². The smallest absolute Gasteiger partial charge is 0.307 e. The molecular formula is C23H32N2O5. The van der Waals surface area contributed by atoms with Crippen molar-refractivity contribution in [1.82, 2.24) is 10.2 Å². The third-order valence-corrected chi connectivity index (χ3v) is 5.46. The molecule has 0 aliphatic carbocycles. The van der Waals surface area contributed by atoms with Crippen LogP contribution in [0.25, 0.3) is 0 Å². The van der Waals surface area contributed by atoms with E-state index in [2.05, 4.69) is 22.3 Å². The minimum Gasteiger partial charge on any atom is -0.481 e. The molecule has 2 fully saturated rings. The lowest BCUT2D eigenvalue weighted by Crippen LogP contribution is -2.46. The first kappa shape index (κ1) is 22.3. The zero-order valence-electron chi connectivity index (χ0n) is 18.1. The van der Waals surface area contributed by atoms with Gasteiger partial charge in [-0.1, -0.05) is 12.1 Å². The number of carbonyl (C=O) groups is 3. The Labute approximate surface area is 178 Å². The number of nitrogens with one attached hydrogen (secondary N) is 1. The lowest BCUT2D eigenvalue weighted by molar-refractivity contribution is -0.155. The fourth-order valence-corrected chi connectivity index (χ4v) is 3.90. The van der Waals surface area contributed by atoms with E-state index in [4.69, 9.17) is 9.47 Å². The van der Waals surface area contributed by atoms with Gasteiger partial charge in [0, 0.05) is 19.4 Å². The normalized spacial score (nSPS) is 21.2. The molecule has 2 aliphatic rings. The average Bonchev–Trinajstić information content (AvgIpc) is 2.68. The number of esters is 1. The summed E-state index contributed by atoms with van der Waals surface area (Å²) in [4.78, 5) is 37.3. The fourth-order valence-electron chi connectivity index (χ4n) is 3.90. The highest BCUT2D eigenvalue weighted by Crippen LogP contribution is 2.29. The third-order valence-electron chi connectivity index (χ3n) is 5.46. The van der Waals surface area contributed by atoms with E-state index in [9.17, 15) is 14.4 Å². The van der Waals surface area contributed by atoms with Crippen LogP contribution in [0.4, 0.5) is 0 Å². The molecule has 2 amide bonds. The lowest BCUT2D eigenvalue weighted by Gasteiger charge is -2.32. The van der Waals surface area contributed by atoms with Crippen LogP contribution in [0.3, 0.4) is 0 Å². The maximum absolute atomic E-state index is 11.9. The topological polar surface area (TPSA) is 84.9 Å². The maximum Gasteiger partial charge on any atom is 0.307 e. The van der Waals surface area contributed by atoms with Gasteiger partial charge in [-0.2, -0.15) is 0 Å². The number of hydrogen-bond acceptors (Lipinski definition) is 6. The minimum atomic E-state index is -0.609. The molecule has 0 radical (unpaired) electrons. The van der Waals surface area contributed by atoms with Crippen molar-refractivity contribution in [3.63, 3.8) is 0 Å². The Hall–Kier alpha value is -2.41. The summed E-state index contributed by atoms with van der Waals surface area (Å²) in [7, 11) is 0. The van der Waals surface area contributed by atoms with Crippen molar-refractivity contribution in [3.8, 4) is 5.75 Å². The second kappa shape index (κ2) is 9.60. The highest BCUT2D eigenvalue weighted by Gasteiger charge is 2.28. The van der Waals surface area contributed by atoms with Gasteiger partial charge in [-0.15, -0.1) is 0 Å². The van der Waals surface area contributed by atoms with Gasteiger partial charge >= 0.3 is 5.97 Å². The van der Waals surface area contributed by atoms with Gasteiger partial charge < -0.3 is 14.4 Å². The van der Waals surface area contributed by atoms with Crippen molar-refractivity contribution in [3.05, 3.63) is 29.8 Å². The predicted octanol–water partition coefficient (Wildman–Crippen LogP) is 2.78. The van der Waals surface area contributed by atoms with Crippen molar-refractivity contribution < 1.29 is 23.9 Å². The van der Waals surface area contributed by atoms with Gasteiger partial charge in [0.25, 0.3) is 5.91 Å². The maximum atomic E-state index is 11.9. The molecular weight excluding hydrogens is 384 g/mol. The van der Waals surface area contributed by atoms with Crippen LogP contribution in [-0.2, 0) is 19.1 Å². The molecule has 1 aromatic rings. The van der Waals surface area contributed by atoms with Gasteiger partial charge in [-0.3, -0.25) is 19.7 Å². The van der Waals surface area contributed by atoms with E-state index in [-0.39, 0.29) is 17.8 Å². The van der Waals surface area contributed by atoms with Crippen LogP contribution in [0, 0.1) is 0 Å². The summed E-state index contributed by atoms with van der Waals surface area (Å²) in [6, 6.07) is 7.91. The standard InChI is InChI=1S/C23H32N2O5/c1-23(2,3)30-21(27)12-15-25-13-10-17(11-14-25)16-4-6-18(7-5-16)29-19-8-9-20(26)24-22(19)28/h4-7,17,19H,8-15H2,1-3H3,(H,24,26,28). The highest BCUT2D eigenvalue weighted by atomic mass is 16.6. The average molecular weight is 417 g/mol. The number of carbonyl (C=O) groups excluding carboxylic acids is 3. The summed E-state index contributed by atoms with van der Waals surface area (Å²) in [5.74, 6) is 0.369. The molecule has 1 aromatic carbocycles. The quantitative estimate of drug-likeness (QED) is 0.567. The molecule has 0 saturated carbocycles. The van der Waals surface area contributed by atoms with Gasteiger partial charge in [0.2, 0.25) is 5.91 Å². The van der Waals surface area contributed by atoms with Crippen LogP contribution in [-0.4, -0.2) is 54.0 Å². The van der Waals surface area contributed by atoms with Crippen molar-refractivity contribution >= 4 is 17.8 Å². The fraction of sp³-hybridized carbons (Fsp3) is 0.609. The largest absolute Gasteiger partial charge is 0.481 e. The molecule has 0 aromatic heterocycles. The van der Waals surface area contributed by atoms with E-state index in [0.717, 1.165) is 32.5 Å². The van der Waals surface area contributed by atoms with E-state index in [0.29, 0.717) is 30.9 Å². The SMILES string of the molecule is CC(C)(C)OC(=O)CCN1CCC(c2ccc(OC3CCC(=O)NC3=O)cc2)CC1. The Balaban J connectivity index is 1.43. The third kappa shape index (κ3) is 6.55. The van der Waals surface area contributed by atoms with Gasteiger partial charge in [-0.05, 0) is 70.3 Å². The zero-order valence-corrected chi connectivity index (χ0v) is 18.1. The first-order chi connectivity index (χ1) is 14.2. The number of nitrogens with zero attached hydrogens (tertiary/aromatic N) is 1. The van der Waals surface area contributed by atoms with E-state index in [1.165, 1.54) is 5.56 Å². The summed E-state index contributed by atoms with van der Waals surface area (Å²) in [6.07, 6.45) is 2.62. The van der Waals surface area contributed by atoms with E-state index in [1.807, 2.05) is 32.9 Å². The molecule has 7 heteroatoms. The molecule has 3 rings (SSSR count). The Kier molecular flexibility index (Phi) is 7.13. The number of benzene rings is 1. The summed E-state index contributed by atoms with van der Waals surface area (Å²) in [6.45, 7) is 8.32. The van der Waals surface area contributed by atoms with Crippen molar-refractivity contribution in [2.45, 2.75) is 70.5 Å². The number of ether oxygens (including phenoxy) is 2. The van der Waals surface area contributed by atoms with Gasteiger partial charge in [0.15, 0.2) is 6.10 Å². The molecule has 0 bridgehead atoms. The molecule has 0 spiro atoms. The van der Waals surface area contributed by atoms with Crippen molar-refractivity contribution in [1.29, 1.82) is 0 Å². The zero-order chi connectivity index (χ0) is 21.7. The van der Waals surface area contributed by atoms with Crippen LogP contribution in [0.15, 0.2) is 24.3 Å². The summed E-state index contributed by atoms with van der Waals surface area (Å²) >= 11 is 0. The van der Waals surface area contributed by atoms with Crippen LogP contribution in [0.1, 0.15) is 64.4 Å². The predicted molar refractivity (Wildman–Crippen MR) is 112 cm³/mol. The van der Waals surface area contributed by atoms with Crippen LogP contribution in [0.2, 0.25) is 0 Å². The molecule has 1 N–H and O–H groups in total. The minimum absolute atomic E-state index is 0.142. The van der Waals surface area contributed by atoms with Crippen molar-refractivity contribution in [2.24, 2.45) is 0 Å². The van der Waals surface area contributed by atoms with Gasteiger partial charge in [-0.25, -0.2) is 0 Å². The van der Waals surface area contributed by atoms with Gasteiger partial charge in [0.05, 0.1) is 6.42 Å². The number of amides is 2. The number of likely N-dealkylation sites (tertiary alicyclic amines) is 1. The van der Waals surface area contributed by atoms with E-state index < -0.39 is 11.7 Å². The van der Waals surface area contributed by atoms with Crippen LogP contribution < -0.4 is 10.1 Å². The molecule has 2 saturated heterocycles. The highest BCUT2D eigenvalue weighted by molar-refractivity contribution is 5.99. The summed E-state index contributed by atoms with van der Waals surface area (Å²) in [5.41, 5.74) is 0.829. The van der Waals surface area contributed by atoms with Crippen molar-refractivity contribution in [2.75, 3.05) is 19.6 Å². The Bertz CT molecular complexity index is 761. The molecule has 1 unspecified atom stereocenters. The lowest BCUT2D eigenvalue weighted by atomic mass is 9.89. The Morgan fingerprint density at radius 3 is 2.37 bits per heavy atom. The number of piperidine rings is 2. The molecule has 7 nitrogen and oxygen atoms in total. The van der Waals surface area contributed by atoms with Crippen LogP contribution in [0.5, 0.6) is 5.75 Å². The Morgan fingerprint density at radius 2 is 1.77 bits per heavy atom. The number of hydrogen-bond donors (Lipinski definition) is 1. The molecule has 1 atom stereocenters. The summed E-state index contributed by atoms with van der Waals surface area (Å²) in [5, 5.41) is 2.31. The second-order valence-corrected chi connectivity index (χ2v) is 9.08. The summed E-state index contributed by atoms with van der Waals surface area (Å²) < 4.78 is 11.1. The van der Waals surface area contributed by atoms with E-state index in [1.54, 1.807) is 0 Å². The Morgan fingerprint density at radius 1 is 1.10 bits per heavy atom. The number of rotatable bonds is 6. The first-order valence-electron chi connectivity index (χ1n) is 10.7. The molecule has 164 valence electrons. The first-order valence-corrected chi connectivity index (χ1v) is 10.7.